The van der Waals surface area contributed by atoms with E-state index in [-0.39, 0.29) is 5.92 Å². The molecule has 7 rings (SSSR count). The molecule has 0 bridgehead atoms. The van der Waals surface area contributed by atoms with E-state index in [0.29, 0.717) is 0 Å². The van der Waals surface area contributed by atoms with Crippen molar-refractivity contribution in [1.29, 1.82) is 0 Å². The molecule has 2 nitrogen and oxygen atoms in total. The van der Waals surface area contributed by atoms with Crippen LogP contribution in [0.2, 0.25) is 0 Å². The summed E-state index contributed by atoms with van der Waals surface area (Å²) in [6.07, 6.45) is 4.26. The first-order valence-corrected chi connectivity index (χ1v) is 12.1. The zero-order chi connectivity index (χ0) is 22.7. The van der Waals surface area contributed by atoms with E-state index in [4.69, 9.17) is 4.74 Å². The number of aryl methyl sites for hydroxylation is 1. The monoisotopic (exact) mass is 440 g/mol. The van der Waals surface area contributed by atoms with Crippen molar-refractivity contribution in [1.82, 2.24) is 0 Å². The van der Waals surface area contributed by atoms with Gasteiger partial charge in [0.05, 0.1) is 5.41 Å². The van der Waals surface area contributed by atoms with E-state index in [1.165, 1.54) is 39.0 Å². The van der Waals surface area contributed by atoms with Gasteiger partial charge < -0.3 is 9.53 Å². The summed E-state index contributed by atoms with van der Waals surface area (Å²) in [4.78, 5) is 13.3. The van der Waals surface area contributed by atoms with Gasteiger partial charge in [-0.25, -0.2) is 0 Å². The normalized spacial score (nSPS) is 17.9. The molecule has 34 heavy (non-hydrogen) atoms. The van der Waals surface area contributed by atoms with E-state index in [2.05, 4.69) is 60.7 Å². The van der Waals surface area contributed by atoms with Crippen LogP contribution in [0.4, 0.5) is 0 Å². The van der Waals surface area contributed by atoms with Crippen LogP contribution in [-0.4, -0.2) is 6.29 Å². The Morgan fingerprint density at radius 2 is 1.38 bits per heavy atom. The number of carbonyl (C=O) groups is 1. The van der Waals surface area contributed by atoms with Crippen LogP contribution in [0.15, 0.2) is 97.1 Å². The molecule has 0 N–H and O–H groups in total. The minimum atomic E-state index is -0.773. The third-order valence-electron chi connectivity index (χ3n) is 7.99. The van der Waals surface area contributed by atoms with Crippen LogP contribution in [-0.2, 0) is 16.6 Å². The number of benzene rings is 5. The number of aldehydes is 1. The zero-order valence-electron chi connectivity index (χ0n) is 18.8. The van der Waals surface area contributed by atoms with Crippen molar-refractivity contribution in [2.75, 3.05) is 0 Å². The number of rotatable bonds is 2. The molecular formula is C32H24O2. The third kappa shape index (κ3) is 2.54. The van der Waals surface area contributed by atoms with Crippen LogP contribution >= 0.6 is 0 Å². The Morgan fingerprint density at radius 1 is 0.706 bits per heavy atom. The molecule has 164 valence electrons. The molecule has 0 aromatic heterocycles. The van der Waals surface area contributed by atoms with Gasteiger partial charge in [-0.2, -0.15) is 0 Å². The second kappa shape index (κ2) is 7.30. The molecule has 2 heteroatoms. The molecule has 0 saturated carbocycles. The Bertz CT molecular complexity index is 1550. The topological polar surface area (TPSA) is 26.3 Å². The third-order valence-corrected chi connectivity index (χ3v) is 7.99. The van der Waals surface area contributed by atoms with E-state index in [0.717, 1.165) is 41.9 Å². The van der Waals surface area contributed by atoms with Gasteiger partial charge in [0.1, 0.15) is 17.8 Å². The molecule has 1 heterocycles. The number of hydrogen-bond acceptors (Lipinski definition) is 2. The summed E-state index contributed by atoms with van der Waals surface area (Å²) in [5.41, 5.74) is 3.86. The number of para-hydroxylation sites is 2. The van der Waals surface area contributed by atoms with Gasteiger partial charge in [0.25, 0.3) is 0 Å². The fourth-order valence-electron chi connectivity index (χ4n) is 6.53. The van der Waals surface area contributed by atoms with E-state index < -0.39 is 5.41 Å². The predicted octanol–water partition coefficient (Wildman–Crippen LogP) is 7.70. The molecule has 1 atom stereocenters. The average molecular weight is 441 g/mol. The number of ether oxygens (including phenoxy) is 1. The minimum Gasteiger partial charge on any atom is -0.457 e. The quantitative estimate of drug-likeness (QED) is 0.208. The average Bonchev–Trinajstić information content (AvgIpc) is 2.91. The lowest BCUT2D eigenvalue weighted by Gasteiger charge is -2.44. The highest BCUT2D eigenvalue weighted by atomic mass is 16.5. The molecule has 5 aromatic carbocycles. The summed E-state index contributed by atoms with van der Waals surface area (Å²) in [6.45, 7) is 0. The Kier molecular flexibility index (Phi) is 4.20. The van der Waals surface area contributed by atoms with Gasteiger partial charge in [-0.15, -0.1) is 0 Å². The molecular weight excluding hydrogens is 416 g/mol. The second-order valence-electron chi connectivity index (χ2n) is 9.54. The van der Waals surface area contributed by atoms with Crippen LogP contribution in [0.25, 0.3) is 21.5 Å². The van der Waals surface area contributed by atoms with Crippen LogP contribution < -0.4 is 4.74 Å². The highest BCUT2D eigenvalue weighted by Crippen LogP contribution is 2.56. The second-order valence-corrected chi connectivity index (χ2v) is 9.54. The van der Waals surface area contributed by atoms with Crippen molar-refractivity contribution in [2.45, 2.75) is 30.6 Å². The van der Waals surface area contributed by atoms with Crippen molar-refractivity contribution in [3.05, 3.63) is 119 Å². The van der Waals surface area contributed by atoms with Crippen molar-refractivity contribution in [3.8, 4) is 11.5 Å². The Hall–Kier alpha value is -3.91. The van der Waals surface area contributed by atoms with E-state index in [1.807, 2.05) is 36.4 Å². The van der Waals surface area contributed by atoms with Crippen LogP contribution in [0, 0.1) is 0 Å². The van der Waals surface area contributed by atoms with Gasteiger partial charge in [0, 0.05) is 17.0 Å². The van der Waals surface area contributed by atoms with Crippen molar-refractivity contribution >= 4 is 27.8 Å². The summed E-state index contributed by atoms with van der Waals surface area (Å²) in [5.74, 6) is 1.62. The van der Waals surface area contributed by atoms with Gasteiger partial charge in [-0.1, -0.05) is 84.9 Å². The highest BCUT2D eigenvalue weighted by molar-refractivity contribution is 6.09. The first kappa shape index (κ1) is 19.5. The number of carbonyl (C=O) groups excluding carboxylic acids is 1. The van der Waals surface area contributed by atoms with E-state index in [9.17, 15) is 4.79 Å². The van der Waals surface area contributed by atoms with E-state index >= 15 is 0 Å². The molecule has 0 spiro atoms. The molecule has 1 unspecified atom stereocenters. The SMILES string of the molecule is O=CC1(C2CCCc3c2ccc2c3ccc3ccccc32)c2ccccc2Oc2ccccc21. The maximum absolute atomic E-state index is 13.3. The largest absolute Gasteiger partial charge is 0.457 e. The Morgan fingerprint density at radius 3 is 2.15 bits per heavy atom. The number of hydrogen-bond donors (Lipinski definition) is 0. The molecule has 5 aromatic rings. The standard InChI is InChI=1S/C32H24O2/c33-20-32(28-11-3-5-14-30(28)34-31-15-6-4-12-29(31)32)27-13-7-10-23-25-17-16-21-8-1-2-9-22(21)24(25)18-19-26(23)27/h1-6,8-9,11-12,14-20,27H,7,10,13H2. The molecule has 0 saturated heterocycles. The summed E-state index contributed by atoms with van der Waals surface area (Å²) < 4.78 is 6.27. The first-order chi connectivity index (χ1) is 16.8. The lowest BCUT2D eigenvalue weighted by molar-refractivity contribution is -0.112. The van der Waals surface area contributed by atoms with Crippen molar-refractivity contribution in [3.63, 3.8) is 0 Å². The highest BCUT2D eigenvalue weighted by Gasteiger charge is 2.49. The fraction of sp³-hybridized carbons (Fsp3) is 0.156. The lowest BCUT2D eigenvalue weighted by Crippen LogP contribution is -2.40. The van der Waals surface area contributed by atoms with Crippen LogP contribution in [0.3, 0.4) is 0 Å². The fourth-order valence-corrected chi connectivity index (χ4v) is 6.53. The van der Waals surface area contributed by atoms with E-state index in [1.54, 1.807) is 0 Å². The molecule has 0 fully saturated rings. The molecule has 1 aliphatic carbocycles. The van der Waals surface area contributed by atoms with Crippen molar-refractivity contribution < 1.29 is 9.53 Å². The molecule has 1 aliphatic heterocycles. The van der Waals surface area contributed by atoms with Gasteiger partial charge in [-0.05, 0) is 64.1 Å². The molecule has 0 amide bonds. The summed E-state index contributed by atoms with van der Waals surface area (Å²) >= 11 is 0. The van der Waals surface area contributed by atoms with Crippen molar-refractivity contribution in [2.24, 2.45) is 0 Å². The summed E-state index contributed by atoms with van der Waals surface area (Å²) in [7, 11) is 0. The van der Waals surface area contributed by atoms with Gasteiger partial charge in [0.2, 0.25) is 0 Å². The van der Waals surface area contributed by atoms with Crippen LogP contribution in [0.1, 0.15) is 41.0 Å². The first-order valence-electron chi connectivity index (χ1n) is 12.1. The minimum absolute atomic E-state index is 0.0517. The maximum Gasteiger partial charge on any atom is 0.135 e. The Balaban J connectivity index is 1.52. The molecule has 0 radical (unpaired) electrons. The van der Waals surface area contributed by atoms with Gasteiger partial charge in [-0.3, -0.25) is 0 Å². The summed E-state index contributed by atoms with van der Waals surface area (Å²) in [6, 6.07) is 33.8. The Labute approximate surface area is 198 Å². The number of fused-ring (bicyclic) bond motifs is 7. The van der Waals surface area contributed by atoms with Gasteiger partial charge in [0.15, 0.2) is 0 Å². The predicted molar refractivity (Wildman–Crippen MR) is 137 cm³/mol. The van der Waals surface area contributed by atoms with Gasteiger partial charge >= 0.3 is 0 Å². The van der Waals surface area contributed by atoms with Crippen LogP contribution in [0.5, 0.6) is 11.5 Å². The smallest absolute Gasteiger partial charge is 0.135 e. The maximum atomic E-state index is 13.3. The zero-order valence-corrected chi connectivity index (χ0v) is 18.8. The molecule has 2 aliphatic rings. The lowest BCUT2D eigenvalue weighted by atomic mass is 9.59. The summed E-state index contributed by atoms with van der Waals surface area (Å²) in [5, 5.41) is 5.16.